The van der Waals surface area contributed by atoms with Crippen molar-refractivity contribution in [3.63, 3.8) is 0 Å². The molecular weight excluding hydrogens is 200 g/mol. The van der Waals surface area contributed by atoms with Crippen molar-refractivity contribution in [1.29, 1.82) is 0 Å². The van der Waals surface area contributed by atoms with Gasteiger partial charge in [0, 0.05) is 43.6 Å². The Morgan fingerprint density at radius 3 is 2.75 bits per heavy atom. The Morgan fingerprint density at radius 2 is 2.12 bits per heavy atom. The van der Waals surface area contributed by atoms with E-state index < -0.39 is 0 Å². The third-order valence-corrected chi connectivity index (χ3v) is 2.99. The van der Waals surface area contributed by atoms with E-state index in [1.165, 1.54) is 19.4 Å². The van der Waals surface area contributed by atoms with Gasteiger partial charge in [0.15, 0.2) is 0 Å². The van der Waals surface area contributed by atoms with Crippen molar-refractivity contribution in [3.8, 4) is 0 Å². The zero-order valence-corrected chi connectivity index (χ0v) is 9.89. The molecule has 0 amide bonds. The molecule has 0 aromatic carbocycles. The predicted octanol–water partition coefficient (Wildman–Crippen LogP) is 1.05. The zero-order valence-electron chi connectivity index (χ0n) is 9.89. The predicted molar refractivity (Wildman–Crippen MR) is 64.0 cm³/mol. The quantitative estimate of drug-likeness (QED) is 0.697. The van der Waals surface area contributed by atoms with Crippen molar-refractivity contribution in [1.82, 2.24) is 20.2 Å². The Kier molecular flexibility index (Phi) is 4.25. The lowest BCUT2D eigenvalue weighted by Gasteiger charge is -2.19. The van der Waals surface area contributed by atoms with Crippen LogP contribution in [0.3, 0.4) is 0 Å². The molecule has 0 atom stereocenters. The molecular formula is C12H20N4. The lowest BCUT2D eigenvalue weighted by molar-refractivity contribution is 0.277. The lowest BCUT2D eigenvalue weighted by atomic mass is 10.3. The topological polar surface area (TPSA) is 41.0 Å². The summed E-state index contributed by atoms with van der Waals surface area (Å²) in [5.41, 5.74) is 1.15. The monoisotopic (exact) mass is 220 g/mol. The van der Waals surface area contributed by atoms with E-state index >= 15 is 0 Å². The number of nitrogens with one attached hydrogen (secondary N) is 1. The van der Waals surface area contributed by atoms with E-state index in [1.807, 2.05) is 12.4 Å². The average molecular weight is 220 g/mol. The van der Waals surface area contributed by atoms with E-state index in [4.69, 9.17) is 0 Å². The second kappa shape index (κ2) is 5.92. The second-order valence-electron chi connectivity index (χ2n) is 4.28. The molecule has 1 aromatic heterocycles. The fourth-order valence-corrected chi connectivity index (χ4v) is 1.92. The first-order chi connectivity index (χ1) is 7.90. The van der Waals surface area contributed by atoms with E-state index in [-0.39, 0.29) is 0 Å². The van der Waals surface area contributed by atoms with E-state index in [0.717, 1.165) is 31.2 Å². The highest BCUT2D eigenvalue weighted by molar-refractivity contribution is 5.01. The third kappa shape index (κ3) is 3.54. The summed E-state index contributed by atoms with van der Waals surface area (Å²) in [4.78, 5) is 10.5. The van der Waals surface area contributed by atoms with Gasteiger partial charge in [0.2, 0.25) is 0 Å². The van der Waals surface area contributed by atoms with Crippen LogP contribution in [-0.4, -0.2) is 40.5 Å². The summed E-state index contributed by atoms with van der Waals surface area (Å²) in [5, 5.41) is 3.43. The van der Waals surface area contributed by atoms with Gasteiger partial charge < -0.3 is 5.32 Å². The summed E-state index contributed by atoms with van der Waals surface area (Å²) in [6.45, 7) is 6.46. The van der Waals surface area contributed by atoms with E-state index in [0.29, 0.717) is 0 Å². The van der Waals surface area contributed by atoms with Gasteiger partial charge in [-0.05, 0) is 19.4 Å². The normalized spacial score (nSPS) is 15.6. The van der Waals surface area contributed by atoms with Crippen molar-refractivity contribution in [2.45, 2.75) is 32.4 Å². The number of nitrogens with zero attached hydrogens (tertiary/aromatic N) is 3. The molecule has 16 heavy (non-hydrogen) atoms. The molecule has 1 N–H and O–H groups in total. The summed E-state index contributed by atoms with van der Waals surface area (Å²) in [5.74, 6) is 0. The van der Waals surface area contributed by atoms with Gasteiger partial charge in [-0.3, -0.25) is 4.90 Å². The minimum absolute atomic E-state index is 0.864. The smallest absolute Gasteiger partial charge is 0.115 e. The number of rotatable bonds is 7. The molecule has 0 bridgehead atoms. The van der Waals surface area contributed by atoms with Crippen LogP contribution < -0.4 is 5.32 Å². The van der Waals surface area contributed by atoms with Gasteiger partial charge in [-0.15, -0.1) is 0 Å². The molecule has 1 heterocycles. The molecule has 1 aromatic rings. The Hall–Kier alpha value is -1.00. The molecule has 1 saturated carbocycles. The Balaban J connectivity index is 1.61. The van der Waals surface area contributed by atoms with Crippen molar-refractivity contribution < 1.29 is 0 Å². The molecule has 0 saturated heterocycles. The average Bonchev–Trinajstić information content (AvgIpc) is 3.15. The Labute approximate surface area is 97.1 Å². The van der Waals surface area contributed by atoms with Crippen LogP contribution in [0.1, 0.15) is 25.3 Å². The summed E-state index contributed by atoms with van der Waals surface area (Å²) in [6, 6.07) is 0.867. The molecule has 0 unspecified atom stereocenters. The summed E-state index contributed by atoms with van der Waals surface area (Å²) in [7, 11) is 0. The van der Waals surface area contributed by atoms with Crippen LogP contribution in [0.2, 0.25) is 0 Å². The van der Waals surface area contributed by atoms with Crippen LogP contribution in [0, 0.1) is 0 Å². The molecule has 0 radical (unpaired) electrons. The summed E-state index contributed by atoms with van der Waals surface area (Å²) in [6.07, 6.45) is 8.06. The van der Waals surface area contributed by atoms with Crippen LogP contribution >= 0.6 is 0 Å². The van der Waals surface area contributed by atoms with Gasteiger partial charge in [-0.25, -0.2) is 9.97 Å². The number of hydrogen-bond donors (Lipinski definition) is 1. The van der Waals surface area contributed by atoms with E-state index in [1.54, 1.807) is 6.33 Å². The second-order valence-corrected chi connectivity index (χ2v) is 4.28. The molecule has 4 heteroatoms. The van der Waals surface area contributed by atoms with Crippen molar-refractivity contribution in [2.75, 3.05) is 19.6 Å². The first-order valence-electron chi connectivity index (χ1n) is 6.09. The van der Waals surface area contributed by atoms with Crippen molar-refractivity contribution >= 4 is 0 Å². The SMILES string of the molecule is CCN(CCNCc1cncnc1)C1CC1. The molecule has 1 aliphatic rings. The van der Waals surface area contributed by atoms with Gasteiger partial charge in [0.1, 0.15) is 6.33 Å². The fraction of sp³-hybridized carbons (Fsp3) is 0.667. The van der Waals surface area contributed by atoms with Gasteiger partial charge in [0.05, 0.1) is 0 Å². The largest absolute Gasteiger partial charge is 0.311 e. The van der Waals surface area contributed by atoms with Crippen LogP contribution in [0.25, 0.3) is 0 Å². The van der Waals surface area contributed by atoms with Gasteiger partial charge in [0.25, 0.3) is 0 Å². The Bertz CT molecular complexity index is 297. The maximum Gasteiger partial charge on any atom is 0.115 e. The highest BCUT2D eigenvalue weighted by atomic mass is 15.2. The van der Waals surface area contributed by atoms with Gasteiger partial charge >= 0.3 is 0 Å². The first-order valence-corrected chi connectivity index (χ1v) is 6.09. The number of aromatic nitrogens is 2. The molecule has 0 aliphatic heterocycles. The van der Waals surface area contributed by atoms with Crippen molar-refractivity contribution in [2.24, 2.45) is 0 Å². The molecule has 2 rings (SSSR count). The van der Waals surface area contributed by atoms with Gasteiger partial charge in [-0.2, -0.15) is 0 Å². The zero-order chi connectivity index (χ0) is 11.2. The van der Waals surface area contributed by atoms with Crippen LogP contribution in [0.15, 0.2) is 18.7 Å². The van der Waals surface area contributed by atoms with E-state index in [2.05, 4.69) is 27.1 Å². The van der Waals surface area contributed by atoms with Crippen LogP contribution in [-0.2, 0) is 6.54 Å². The minimum Gasteiger partial charge on any atom is -0.311 e. The maximum atomic E-state index is 3.99. The summed E-state index contributed by atoms with van der Waals surface area (Å²) >= 11 is 0. The molecule has 1 fully saturated rings. The fourth-order valence-electron chi connectivity index (χ4n) is 1.92. The summed E-state index contributed by atoms with van der Waals surface area (Å²) < 4.78 is 0. The lowest BCUT2D eigenvalue weighted by Crippen LogP contribution is -2.33. The third-order valence-electron chi connectivity index (χ3n) is 2.99. The molecule has 0 spiro atoms. The van der Waals surface area contributed by atoms with Crippen molar-refractivity contribution in [3.05, 3.63) is 24.3 Å². The van der Waals surface area contributed by atoms with Crippen LogP contribution in [0.5, 0.6) is 0 Å². The molecule has 88 valence electrons. The minimum atomic E-state index is 0.864. The highest BCUT2D eigenvalue weighted by Gasteiger charge is 2.26. The molecule has 4 nitrogen and oxygen atoms in total. The standard InChI is InChI=1S/C12H20N4/c1-2-16(12-3-4-12)6-5-13-7-11-8-14-10-15-9-11/h8-10,12-13H,2-7H2,1H3. The van der Waals surface area contributed by atoms with Crippen LogP contribution in [0.4, 0.5) is 0 Å². The number of likely N-dealkylation sites (N-methyl/N-ethyl adjacent to an activating group) is 1. The van der Waals surface area contributed by atoms with Gasteiger partial charge in [-0.1, -0.05) is 6.92 Å². The first kappa shape index (κ1) is 11.5. The maximum absolute atomic E-state index is 3.99. The molecule has 1 aliphatic carbocycles. The number of hydrogen-bond acceptors (Lipinski definition) is 4. The Morgan fingerprint density at radius 1 is 1.38 bits per heavy atom. The highest BCUT2D eigenvalue weighted by Crippen LogP contribution is 2.25. The van der Waals surface area contributed by atoms with E-state index in [9.17, 15) is 0 Å².